The third-order valence-corrected chi connectivity index (χ3v) is 5.73. The molecular formula is C27H31FN2O2. The molecule has 1 saturated heterocycles. The van der Waals surface area contributed by atoms with Crippen LogP contribution < -0.4 is 5.32 Å². The lowest BCUT2D eigenvalue weighted by Gasteiger charge is -2.34. The molecule has 1 aliphatic heterocycles. The van der Waals surface area contributed by atoms with Crippen LogP contribution in [0.15, 0.2) is 73.4 Å². The molecule has 4 rings (SSSR count). The Kier molecular flexibility index (Phi) is 8.51. The van der Waals surface area contributed by atoms with Crippen molar-refractivity contribution < 1.29 is 13.9 Å². The van der Waals surface area contributed by atoms with Crippen LogP contribution in [0.25, 0.3) is 10.9 Å². The summed E-state index contributed by atoms with van der Waals surface area (Å²) in [5.41, 5.74) is 2.10. The smallest absolute Gasteiger partial charge is 0.311 e. The Morgan fingerprint density at radius 2 is 1.94 bits per heavy atom. The standard InChI is InChI=1S/C25H25FN2O2.C2H6/c1-2-17-11-12-23(28-16-17)25(20-13-14-27-22-10-6-4-8-19(20)22)30-24(29)15-18-7-3-5-9-21(18)26;1-2/h2-10,13-14,17,23,25,28H,1,11-12,15-16H2;1-2H3. The second-order valence-electron chi connectivity index (χ2n) is 7.68. The Morgan fingerprint density at radius 1 is 1.19 bits per heavy atom. The van der Waals surface area contributed by atoms with Gasteiger partial charge in [0, 0.05) is 29.7 Å². The van der Waals surface area contributed by atoms with Crippen LogP contribution in [-0.4, -0.2) is 23.5 Å². The van der Waals surface area contributed by atoms with E-state index < -0.39 is 17.9 Å². The number of nitrogens with zero attached hydrogens (tertiary/aromatic N) is 1. The van der Waals surface area contributed by atoms with Crippen molar-refractivity contribution in [1.29, 1.82) is 0 Å². The summed E-state index contributed by atoms with van der Waals surface area (Å²) in [5, 5.41) is 4.48. The molecule has 3 aromatic rings. The summed E-state index contributed by atoms with van der Waals surface area (Å²) in [6.45, 7) is 8.68. The molecule has 0 bridgehead atoms. The molecule has 2 heterocycles. The predicted molar refractivity (Wildman–Crippen MR) is 127 cm³/mol. The molecule has 1 aromatic heterocycles. The highest BCUT2D eigenvalue weighted by atomic mass is 19.1. The summed E-state index contributed by atoms with van der Waals surface area (Å²) in [6, 6.07) is 16.0. The summed E-state index contributed by atoms with van der Waals surface area (Å²) in [4.78, 5) is 17.2. The van der Waals surface area contributed by atoms with E-state index in [1.54, 1.807) is 24.4 Å². The molecule has 0 saturated carbocycles. The lowest BCUT2D eigenvalue weighted by molar-refractivity contribution is -0.150. The van der Waals surface area contributed by atoms with Gasteiger partial charge in [0.1, 0.15) is 11.9 Å². The van der Waals surface area contributed by atoms with Gasteiger partial charge >= 0.3 is 5.97 Å². The number of para-hydroxylation sites is 1. The molecule has 5 heteroatoms. The van der Waals surface area contributed by atoms with Gasteiger partial charge in [-0.1, -0.05) is 56.3 Å². The van der Waals surface area contributed by atoms with Gasteiger partial charge in [0.15, 0.2) is 0 Å². The first-order valence-corrected chi connectivity index (χ1v) is 11.3. The van der Waals surface area contributed by atoms with Gasteiger partial charge in [-0.3, -0.25) is 9.78 Å². The monoisotopic (exact) mass is 434 g/mol. The number of esters is 1. The fourth-order valence-electron chi connectivity index (χ4n) is 4.07. The molecule has 0 amide bonds. The van der Waals surface area contributed by atoms with Crippen LogP contribution in [-0.2, 0) is 16.0 Å². The number of carbonyl (C=O) groups is 1. The summed E-state index contributed by atoms with van der Waals surface area (Å²) >= 11 is 0. The number of ether oxygens (including phenoxy) is 1. The molecule has 4 nitrogen and oxygen atoms in total. The van der Waals surface area contributed by atoms with Gasteiger partial charge in [-0.05, 0) is 42.5 Å². The maximum Gasteiger partial charge on any atom is 0.311 e. The Morgan fingerprint density at radius 3 is 2.66 bits per heavy atom. The summed E-state index contributed by atoms with van der Waals surface area (Å²) in [5.74, 6) is -0.436. The van der Waals surface area contributed by atoms with Crippen LogP contribution >= 0.6 is 0 Å². The molecule has 168 valence electrons. The minimum atomic E-state index is -0.483. The van der Waals surface area contributed by atoms with E-state index in [0.717, 1.165) is 35.9 Å². The minimum absolute atomic E-state index is 0.0309. The van der Waals surface area contributed by atoms with Gasteiger partial charge in [-0.25, -0.2) is 4.39 Å². The third kappa shape index (κ3) is 5.60. The molecule has 32 heavy (non-hydrogen) atoms. The second-order valence-corrected chi connectivity index (χ2v) is 7.68. The molecule has 1 aliphatic rings. The molecule has 3 atom stereocenters. The number of nitrogens with one attached hydrogen (secondary N) is 1. The fourth-order valence-corrected chi connectivity index (χ4v) is 4.07. The van der Waals surface area contributed by atoms with Crippen molar-refractivity contribution >= 4 is 16.9 Å². The van der Waals surface area contributed by atoms with E-state index in [4.69, 9.17) is 4.74 Å². The van der Waals surface area contributed by atoms with Gasteiger partial charge in [-0.15, -0.1) is 6.58 Å². The average Bonchev–Trinajstić information content (AvgIpc) is 2.85. The second kappa shape index (κ2) is 11.5. The maximum atomic E-state index is 14.0. The minimum Gasteiger partial charge on any atom is -0.456 e. The summed E-state index contributed by atoms with van der Waals surface area (Å²) < 4.78 is 20.0. The topological polar surface area (TPSA) is 51.2 Å². The van der Waals surface area contributed by atoms with E-state index >= 15 is 0 Å². The SMILES string of the molecule is C=CC1CCC(C(OC(=O)Cc2ccccc2F)c2ccnc3ccccc23)NC1.CC. The number of carbonyl (C=O) groups excluding carboxylic acids is 1. The Hall–Kier alpha value is -3.05. The summed E-state index contributed by atoms with van der Waals surface area (Å²) in [7, 11) is 0. The summed E-state index contributed by atoms with van der Waals surface area (Å²) in [6.07, 6.45) is 4.95. The van der Waals surface area contributed by atoms with E-state index in [-0.39, 0.29) is 12.5 Å². The molecule has 2 aromatic carbocycles. The first kappa shape index (κ1) is 23.6. The van der Waals surface area contributed by atoms with Crippen molar-refractivity contribution in [3.8, 4) is 0 Å². The van der Waals surface area contributed by atoms with E-state index in [9.17, 15) is 9.18 Å². The van der Waals surface area contributed by atoms with E-state index in [1.807, 2.05) is 50.3 Å². The van der Waals surface area contributed by atoms with Crippen LogP contribution in [0.5, 0.6) is 0 Å². The van der Waals surface area contributed by atoms with E-state index in [1.165, 1.54) is 6.07 Å². The third-order valence-electron chi connectivity index (χ3n) is 5.73. The van der Waals surface area contributed by atoms with E-state index in [0.29, 0.717) is 11.5 Å². The van der Waals surface area contributed by atoms with Crippen LogP contribution in [0.1, 0.15) is 43.9 Å². The fraction of sp³-hybridized carbons (Fsp3) is 0.333. The van der Waals surface area contributed by atoms with Crippen molar-refractivity contribution in [1.82, 2.24) is 10.3 Å². The lowest BCUT2D eigenvalue weighted by atomic mass is 9.88. The van der Waals surface area contributed by atoms with Gasteiger partial charge in [-0.2, -0.15) is 0 Å². The van der Waals surface area contributed by atoms with Gasteiger partial charge in [0.25, 0.3) is 0 Å². The molecule has 1 N–H and O–H groups in total. The number of aromatic nitrogens is 1. The Bertz CT molecular complexity index is 1040. The highest BCUT2D eigenvalue weighted by Crippen LogP contribution is 2.32. The highest BCUT2D eigenvalue weighted by molar-refractivity contribution is 5.83. The highest BCUT2D eigenvalue weighted by Gasteiger charge is 2.31. The number of piperidine rings is 1. The lowest BCUT2D eigenvalue weighted by Crippen LogP contribution is -2.43. The first-order chi connectivity index (χ1) is 15.7. The Balaban J connectivity index is 0.00000141. The molecule has 3 unspecified atom stereocenters. The Labute approximate surface area is 189 Å². The van der Waals surface area contributed by atoms with Crippen molar-refractivity contribution in [2.75, 3.05) is 6.54 Å². The van der Waals surface area contributed by atoms with Crippen LogP contribution in [0.4, 0.5) is 4.39 Å². The number of hydrogen-bond acceptors (Lipinski definition) is 4. The normalized spacial score (nSPS) is 18.8. The number of fused-ring (bicyclic) bond motifs is 1. The quantitative estimate of drug-likeness (QED) is 0.395. The van der Waals surface area contributed by atoms with Crippen LogP contribution in [0.3, 0.4) is 0 Å². The van der Waals surface area contributed by atoms with Crippen LogP contribution in [0, 0.1) is 11.7 Å². The number of hydrogen-bond donors (Lipinski definition) is 1. The molecule has 1 fully saturated rings. The first-order valence-electron chi connectivity index (χ1n) is 11.3. The molecular weight excluding hydrogens is 403 g/mol. The van der Waals surface area contributed by atoms with E-state index in [2.05, 4.69) is 16.9 Å². The molecule has 0 spiro atoms. The largest absolute Gasteiger partial charge is 0.456 e. The molecule has 0 aliphatic carbocycles. The number of pyridine rings is 1. The van der Waals surface area contributed by atoms with Crippen LogP contribution in [0.2, 0.25) is 0 Å². The van der Waals surface area contributed by atoms with Crippen molar-refractivity contribution in [3.63, 3.8) is 0 Å². The maximum absolute atomic E-state index is 14.0. The number of halogens is 1. The van der Waals surface area contributed by atoms with Gasteiger partial charge in [0.05, 0.1) is 11.9 Å². The molecule has 0 radical (unpaired) electrons. The zero-order chi connectivity index (χ0) is 22.9. The average molecular weight is 435 g/mol. The zero-order valence-corrected chi connectivity index (χ0v) is 18.8. The van der Waals surface area contributed by atoms with Gasteiger partial charge < -0.3 is 10.1 Å². The van der Waals surface area contributed by atoms with Crippen molar-refractivity contribution in [3.05, 3.63) is 90.4 Å². The van der Waals surface area contributed by atoms with Gasteiger partial charge in [0.2, 0.25) is 0 Å². The van der Waals surface area contributed by atoms with Crippen molar-refractivity contribution in [2.45, 2.75) is 45.3 Å². The number of benzene rings is 2. The number of rotatable bonds is 6. The van der Waals surface area contributed by atoms with Crippen molar-refractivity contribution in [2.24, 2.45) is 5.92 Å². The predicted octanol–water partition coefficient (Wildman–Crippen LogP) is 5.78. The zero-order valence-electron chi connectivity index (χ0n) is 18.8.